The van der Waals surface area contributed by atoms with Gasteiger partial charge in [-0.05, 0) is 24.5 Å². The van der Waals surface area contributed by atoms with Crippen molar-refractivity contribution in [1.29, 1.82) is 0 Å². The molecule has 3 nitrogen and oxygen atoms in total. The van der Waals surface area contributed by atoms with Crippen LogP contribution in [0.15, 0.2) is 12.1 Å². The summed E-state index contributed by atoms with van der Waals surface area (Å²) < 4.78 is 0. The number of hydrogen-bond donors (Lipinski definition) is 1. The molecule has 1 aromatic heterocycles. The highest BCUT2D eigenvalue weighted by Gasteiger charge is 2.23. The second-order valence-corrected chi connectivity index (χ2v) is 4.95. The van der Waals surface area contributed by atoms with Crippen LogP contribution in [0, 0.1) is 6.92 Å². The molecule has 0 aromatic carbocycles. The predicted molar refractivity (Wildman–Crippen MR) is 81.6 cm³/mol. The van der Waals surface area contributed by atoms with E-state index in [-0.39, 0.29) is 1.43 Å². The first kappa shape index (κ1) is 15.0. The van der Waals surface area contributed by atoms with Crippen molar-refractivity contribution < 1.29 is 1.43 Å². The van der Waals surface area contributed by atoms with Crippen LogP contribution in [0.1, 0.15) is 46.3 Å². The van der Waals surface area contributed by atoms with E-state index in [9.17, 15) is 0 Å². The Hall–Kier alpha value is -1.09. The molecule has 0 radical (unpaired) electrons. The zero-order valence-electron chi connectivity index (χ0n) is 12.6. The lowest BCUT2D eigenvalue weighted by molar-refractivity contribution is 0.426. The highest BCUT2D eigenvalue weighted by molar-refractivity contribution is 5.48. The molecule has 2 rings (SSSR count). The van der Waals surface area contributed by atoms with Gasteiger partial charge >= 0.3 is 0 Å². The van der Waals surface area contributed by atoms with Gasteiger partial charge in [0, 0.05) is 27.3 Å². The van der Waals surface area contributed by atoms with Gasteiger partial charge in [-0.15, -0.1) is 0 Å². The summed E-state index contributed by atoms with van der Waals surface area (Å²) >= 11 is 0. The van der Waals surface area contributed by atoms with Gasteiger partial charge in [0.1, 0.15) is 5.82 Å². The molecule has 0 saturated carbocycles. The van der Waals surface area contributed by atoms with E-state index >= 15 is 0 Å². The molecule has 104 valence electrons. The topological polar surface area (TPSA) is 28.2 Å². The number of hydrogen-bond acceptors (Lipinski definition) is 3. The predicted octanol–water partition coefficient (Wildman–Crippen LogP) is 3.19. The molecule has 1 saturated heterocycles. The summed E-state index contributed by atoms with van der Waals surface area (Å²) in [4.78, 5) is 7.08. The second-order valence-electron chi connectivity index (χ2n) is 4.95. The van der Waals surface area contributed by atoms with E-state index < -0.39 is 0 Å². The number of aryl methyl sites for hydroxylation is 1. The average Bonchev–Trinajstić information content (AvgIpc) is 2.29. The van der Waals surface area contributed by atoms with Gasteiger partial charge in [-0.2, -0.15) is 0 Å². The van der Waals surface area contributed by atoms with Crippen molar-refractivity contribution in [3.05, 3.63) is 23.4 Å². The number of anilines is 1. The maximum Gasteiger partial charge on any atom is 0.131 e. The normalized spacial score (nSPS) is 14.8. The van der Waals surface area contributed by atoms with Crippen LogP contribution in [0.3, 0.4) is 0 Å². The van der Waals surface area contributed by atoms with Gasteiger partial charge in [-0.25, -0.2) is 4.98 Å². The number of aromatic nitrogens is 1. The van der Waals surface area contributed by atoms with Crippen molar-refractivity contribution in [3.63, 3.8) is 0 Å². The van der Waals surface area contributed by atoms with Crippen molar-refractivity contribution in [2.75, 3.05) is 25.0 Å². The first-order chi connectivity index (χ1) is 8.59. The van der Waals surface area contributed by atoms with Crippen molar-refractivity contribution in [3.8, 4) is 0 Å². The lowest BCUT2D eigenvalue weighted by atomic mass is 10.1. The molecule has 0 bridgehead atoms. The molecule has 1 aliphatic rings. The van der Waals surface area contributed by atoms with Gasteiger partial charge in [0.15, 0.2) is 0 Å². The van der Waals surface area contributed by atoms with E-state index in [0.29, 0.717) is 12.0 Å². The van der Waals surface area contributed by atoms with E-state index in [1.54, 1.807) is 0 Å². The van der Waals surface area contributed by atoms with Crippen molar-refractivity contribution >= 4 is 5.82 Å². The van der Waals surface area contributed by atoms with E-state index in [2.05, 4.69) is 50.2 Å². The van der Waals surface area contributed by atoms with Crippen molar-refractivity contribution in [2.45, 2.75) is 46.6 Å². The van der Waals surface area contributed by atoms with E-state index in [1.165, 1.54) is 11.3 Å². The van der Waals surface area contributed by atoms with Crippen LogP contribution in [0.25, 0.3) is 0 Å². The van der Waals surface area contributed by atoms with Gasteiger partial charge < -0.3 is 10.2 Å². The zero-order valence-corrected chi connectivity index (χ0v) is 12.6. The molecule has 0 spiro atoms. The largest absolute Gasteiger partial charge is 0.354 e. The van der Waals surface area contributed by atoms with Crippen LogP contribution >= 0.6 is 0 Å². The lowest BCUT2D eigenvalue weighted by Crippen LogP contribution is -2.56. The molecule has 0 unspecified atom stereocenters. The summed E-state index contributed by atoms with van der Waals surface area (Å²) in [5.41, 5.74) is 2.44. The third-order valence-electron chi connectivity index (χ3n) is 3.33. The van der Waals surface area contributed by atoms with Gasteiger partial charge in [0.25, 0.3) is 0 Å². The number of nitrogens with one attached hydrogen (secondary N) is 1. The molecule has 0 aliphatic carbocycles. The zero-order chi connectivity index (χ0) is 13.7. The second kappa shape index (κ2) is 6.74. The van der Waals surface area contributed by atoms with E-state index in [1.807, 2.05) is 13.8 Å². The summed E-state index contributed by atoms with van der Waals surface area (Å²) in [5, 5.41) is 3.30. The highest BCUT2D eigenvalue weighted by atomic mass is 15.3. The van der Waals surface area contributed by atoms with Crippen LogP contribution in [0.4, 0.5) is 5.82 Å². The fraction of sp³-hybridized carbons (Fsp3) is 0.667. The number of rotatable bonds is 3. The first-order valence-electron chi connectivity index (χ1n) is 7.00. The number of pyridine rings is 1. The SMILES string of the molecule is CC.Cc1ccc(C(C)C)nc1N(C)C1CNC1.[HH]. The number of nitrogens with zero attached hydrogens (tertiary/aromatic N) is 2. The van der Waals surface area contributed by atoms with Crippen molar-refractivity contribution in [1.82, 2.24) is 10.3 Å². The van der Waals surface area contributed by atoms with Crippen LogP contribution in [-0.2, 0) is 0 Å². The molecule has 1 N–H and O–H groups in total. The monoisotopic (exact) mass is 251 g/mol. The van der Waals surface area contributed by atoms with E-state index in [4.69, 9.17) is 4.98 Å². The summed E-state index contributed by atoms with van der Waals surface area (Å²) in [5.74, 6) is 1.63. The van der Waals surface area contributed by atoms with Crippen LogP contribution in [0.5, 0.6) is 0 Å². The minimum absolute atomic E-state index is 0. The van der Waals surface area contributed by atoms with Crippen LogP contribution in [-0.4, -0.2) is 31.2 Å². The molecule has 3 heteroatoms. The molecular weight excluding hydrogens is 222 g/mol. The Bertz CT molecular complexity index is 376. The molecule has 0 amide bonds. The Morgan fingerprint density at radius 1 is 1.33 bits per heavy atom. The average molecular weight is 251 g/mol. The van der Waals surface area contributed by atoms with Gasteiger partial charge in [0.2, 0.25) is 0 Å². The lowest BCUT2D eigenvalue weighted by Gasteiger charge is -2.37. The Kier molecular flexibility index (Phi) is 5.60. The number of likely N-dealkylation sites (N-methyl/N-ethyl adjacent to an activating group) is 1. The molecule has 1 aromatic rings. The highest BCUT2D eigenvalue weighted by Crippen LogP contribution is 2.22. The summed E-state index contributed by atoms with van der Waals surface area (Å²) in [7, 11) is 2.14. The Labute approximate surface area is 113 Å². The smallest absolute Gasteiger partial charge is 0.131 e. The van der Waals surface area contributed by atoms with Crippen LogP contribution in [0.2, 0.25) is 0 Å². The Morgan fingerprint density at radius 2 is 1.94 bits per heavy atom. The summed E-state index contributed by atoms with van der Waals surface area (Å²) in [6.07, 6.45) is 0. The Balaban J connectivity index is 0.00000103. The summed E-state index contributed by atoms with van der Waals surface area (Å²) in [6, 6.07) is 4.92. The van der Waals surface area contributed by atoms with Gasteiger partial charge in [-0.1, -0.05) is 33.8 Å². The molecule has 0 atom stereocenters. The Morgan fingerprint density at radius 3 is 2.39 bits per heavy atom. The first-order valence-corrected chi connectivity index (χ1v) is 7.00. The standard InChI is InChI=1S/C13H21N3.C2H6.H2/c1-9(2)12-6-5-10(3)13(15-12)16(4)11-7-14-8-11;1-2;/h5-6,9,11,14H,7-8H2,1-4H3;1-2H3;1H. The minimum Gasteiger partial charge on any atom is -0.354 e. The summed E-state index contributed by atoms with van der Waals surface area (Å²) in [6.45, 7) is 12.7. The van der Waals surface area contributed by atoms with E-state index in [0.717, 1.165) is 18.9 Å². The fourth-order valence-corrected chi connectivity index (χ4v) is 1.93. The van der Waals surface area contributed by atoms with Crippen LogP contribution < -0.4 is 10.2 Å². The molecular formula is C15H29N3. The maximum absolute atomic E-state index is 4.77. The van der Waals surface area contributed by atoms with Gasteiger partial charge in [-0.3, -0.25) is 0 Å². The minimum atomic E-state index is 0. The molecule has 2 heterocycles. The molecule has 1 aliphatic heterocycles. The third kappa shape index (κ3) is 3.22. The van der Waals surface area contributed by atoms with Gasteiger partial charge in [0.05, 0.1) is 6.04 Å². The molecule has 1 fully saturated rings. The maximum atomic E-state index is 4.77. The van der Waals surface area contributed by atoms with Crippen molar-refractivity contribution in [2.24, 2.45) is 0 Å². The quantitative estimate of drug-likeness (QED) is 0.894. The third-order valence-corrected chi connectivity index (χ3v) is 3.33. The molecule has 18 heavy (non-hydrogen) atoms. The fourth-order valence-electron chi connectivity index (χ4n) is 1.93.